The highest BCUT2D eigenvalue weighted by atomic mass is 16.6. The first-order valence-electron chi connectivity index (χ1n) is 8.23. The Kier molecular flexibility index (Phi) is 5.57. The third-order valence-electron chi connectivity index (χ3n) is 4.22. The van der Waals surface area contributed by atoms with Crippen molar-refractivity contribution in [2.24, 2.45) is 0 Å². The summed E-state index contributed by atoms with van der Waals surface area (Å²) in [5.41, 5.74) is 0.500. The zero-order chi connectivity index (χ0) is 17.0. The van der Waals surface area contributed by atoms with E-state index in [1.54, 1.807) is 17.3 Å². The molecular formula is C17H28N4O2. The minimum Gasteiger partial charge on any atom is -0.444 e. The van der Waals surface area contributed by atoms with Crippen molar-refractivity contribution in [3.8, 4) is 0 Å². The van der Waals surface area contributed by atoms with E-state index < -0.39 is 5.60 Å². The fourth-order valence-corrected chi connectivity index (χ4v) is 2.85. The van der Waals surface area contributed by atoms with Crippen molar-refractivity contribution in [1.82, 2.24) is 19.8 Å². The lowest BCUT2D eigenvalue weighted by atomic mass is 10.0. The van der Waals surface area contributed by atoms with Gasteiger partial charge in [-0.1, -0.05) is 0 Å². The van der Waals surface area contributed by atoms with Crippen LogP contribution in [-0.4, -0.2) is 57.6 Å². The predicted molar refractivity (Wildman–Crippen MR) is 89.0 cm³/mol. The van der Waals surface area contributed by atoms with Crippen LogP contribution in [0.2, 0.25) is 0 Å². The van der Waals surface area contributed by atoms with E-state index in [0.717, 1.165) is 31.6 Å². The molecule has 1 aromatic rings. The average Bonchev–Trinajstić information content (AvgIpc) is 2.52. The molecule has 2 rings (SSSR count). The van der Waals surface area contributed by atoms with Crippen LogP contribution in [0.15, 0.2) is 18.6 Å². The van der Waals surface area contributed by atoms with E-state index in [2.05, 4.69) is 21.8 Å². The Morgan fingerprint density at radius 1 is 1.43 bits per heavy atom. The number of carbonyl (C=O) groups is 1. The lowest BCUT2D eigenvalue weighted by molar-refractivity contribution is 0.0103. The number of likely N-dealkylation sites (N-methyl/N-ethyl adjacent to an activating group) is 1. The van der Waals surface area contributed by atoms with Crippen molar-refractivity contribution in [3.05, 3.63) is 24.3 Å². The van der Waals surface area contributed by atoms with Gasteiger partial charge in [-0.15, -0.1) is 0 Å². The van der Waals surface area contributed by atoms with Gasteiger partial charge in [-0.05, 0) is 47.1 Å². The molecule has 1 saturated heterocycles. The third kappa shape index (κ3) is 4.89. The van der Waals surface area contributed by atoms with Gasteiger partial charge in [-0.25, -0.2) is 4.79 Å². The molecule has 1 aromatic heterocycles. The molecule has 23 heavy (non-hydrogen) atoms. The first-order chi connectivity index (χ1) is 10.8. The Morgan fingerprint density at radius 3 is 2.78 bits per heavy atom. The molecule has 1 aliphatic rings. The largest absolute Gasteiger partial charge is 0.444 e. The lowest BCUT2D eigenvalue weighted by Crippen LogP contribution is -2.50. The summed E-state index contributed by atoms with van der Waals surface area (Å²) in [4.78, 5) is 24.9. The zero-order valence-corrected chi connectivity index (χ0v) is 14.8. The van der Waals surface area contributed by atoms with E-state index in [1.807, 2.05) is 34.0 Å². The number of amides is 1. The number of carbonyl (C=O) groups excluding carboxylic acids is 1. The Bertz CT molecular complexity index is 515. The predicted octanol–water partition coefficient (Wildman–Crippen LogP) is 2.87. The van der Waals surface area contributed by atoms with Gasteiger partial charge in [0.1, 0.15) is 5.60 Å². The van der Waals surface area contributed by atoms with Crippen LogP contribution in [0.3, 0.4) is 0 Å². The number of aromatic nitrogens is 2. The number of nitrogens with zero attached hydrogens (tertiary/aromatic N) is 4. The molecule has 1 aliphatic heterocycles. The van der Waals surface area contributed by atoms with Crippen LogP contribution in [0, 0.1) is 0 Å². The van der Waals surface area contributed by atoms with Crippen LogP contribution in [-0.2, 0) is 4.74 Å². The van der Waals surface area contributed by atoms with E-state index in [0.29, 0.717) is 0 Å². The van der Waals surface area contributed by atoms with Gasteiger partial charge in [0.2, 0.25) is 0 Å². The van der Waals surface area contributed by atoms with Gasteiger partial charge < -0.3 is 9.64 Å². The standard InChI is InChI=1S/C17H28N4O2/c1-13(15-11-18-8-9-19-15)21-10-6-7-14(12-21)20(5)16(22)23-17(2,3)4/h8-9,11,13-14H,6-7,10,12H2,1-5H3/t13-,14+/m0/s1. The second-order valence-electron chi connectivity index (χ2n) is 7.19. The topological polar surface area (TPSA) is 58.6 Å². The van der Waals surface area contributed by atoms with Crippen LogP contribution in [0.5, 0.6) is 0 Å². The van der Waals surface area contributed by atoms with Gasteiger partial charge in [-0.2, -0.15) is 0 Å². The van der Waals surface area contributed by atoms with Gasteiger partial charge in [-0.3, -0.25) is 14.9 Å². The van der Waals surface area contributed by atoms with Gasteiger partial charge in [0.15, 0.2) is 0 Å². The van der Waals surface area contributed by atoms with Crippen molar-refractivity contribution in [3.63, 3.8) is 0 Å². The second kappa shape index (κ2) is 7.25. The first-order valence-corrected chi connectivity index (χ1v) is 8.23. The highest BCUT2D eigenvalue weighted by Crippen LogP contribution is 2.25. The van der Waals surface area contributed by atoms with Crippen molar-refractivity contribution in [2.45, 2.75) is 58.2 Å². The minimum atomic E-state index is -0.466. The van der Waals surface area contributed by atoms with Crippen LogP contribution < -0.4 is 0 Å². The number of hydrogen-bond donors (Lipinski definition) is 0. The average molecular weight is 320 g/mol. The summed E-state index contributed by atoms with van der Waals surface area (Å²) in [7, 11) is 1.83. The summed E-state index contributed by atoms with van der Waals surface area (Å²) in [5.74, 6) is 0. The summed E-state index contributed by atoms with van der Waals surface area (Å²) in [6.07, 6.45) is 7.02. The molecule has 6 heteroatoms. The van der Waals surface area contributed by atoms with Crippen molar-refractivity contribution in [2.75, 3.05) is 20.1 Å². The molecule has 0 saturated carbocycles. The monoisotopic (exact) mass is 320 g/mol. The molecule has 1 fully saturated rings. The SMILES string of the molecule is C[C@@H](c1cnccn1)N1CCC[C@@H](N(C)C(=O)OC(C)(C)C)C1. The van der Waals surface area contributed by atoms with Crippen LogP contribution in [0.25, 0.3) is 0 Å². The number of rotatable bonds is 3. The first kappa shape index (κ1) is 17.7. The molecule has 2 heterocycles. The molecule has 1 amide bonds. The molecule has 0 bridgehead atoms. The quantitative estimate of drug-likeness (QED) is 0.857. The number of ether oxygens (including phenoxy) is 1. The molecule has 2 atom stereocenters. The Labute approximate surface area is 138 Å². The molecule has 0 N–H and O–H groups in total. The molecule has 0 unspecified atom stereocenters. The number of piperidine rings is 1. The van der Waals surface area contributed by atoms with Gasteiger partial charge >= 0.3 is 6.09 Å². The highest BCUT2D eigenvalue weighted by molar-refractivity contribution is 5.68. The van der Waals surface area contributed by atoms with Crippen LogP contribution in [0.1, 0.15) is 52.3 Å². The molecule has 0 aliphatic carbocycles. The maximum atomic E-state index is 12.3. The van der Waals surface area contributed by atoms with Gasteiger partial charge in [0.05, 0.1) is 11.7 Å². The van der Waals surface area contributed by atoms with E-state index in [1.165, 1.54) is 0 Å². The third-order valence-corrected chi connectivity index (χ3v) is 4.22. The second-order valence-corrected chi connectivity index (χ2v) is 7.19. The maximum absolute atomic E-state index is 12.3. The number of hydrogen-bond acceptors (Lipinski definition) is 5. The van der Waals surface area contributed by atoms with Crippen molar-refractivity contribution < 1.29 is 9.53 Å². The maximum Gasteiger partial charge on any atom is 0.410 e. The normalized spacial score (nSPS) is 20.8. The molecule has 128 valence electrons. The molecular weight excluding hydrogens is 292 g/mol. The zero-order valence-electron chi connectivity index (χ0n) is 14.8. The number of likely N-dealkylation sites (tertiary alicyclic amines) is 1. The molecule has 0 radical (unpaired) electrons. The van der Waals surface area contributed by atoms with Gasteiger partial charge in [0, 0.05) is 38.2 Å². The Balaban J connectivity index is 1.99. The summed E-state index contributed by atoms with van der Waals surface area (Å²) < 4.78 is 5.48. The van der Waals surface area contributed by atoms with E-state index in [9.17, 15) is 4.79 Å². The summed E-state index contributed by atoms with van der Waals surface area (Å²) in [5, 5.41) is 0. The van der Waals surface area contributed by atoms with Crippen molar-refractivity contribution >= 4 is 6.09 Å². The van der Waals surface area contributed by atoms with Crippen LogP contribution >= 0.6 is 0 Å². The molecule has 0 spiro atoms. The fraction of sp³-hybridized carbons (Fsp3) is 0.706. The Morgan fingerprint density at radius 2 is 2.17 bits per heavy atom. The van der Waals surface area contributed by atoms with Crippen LogP contribution in [0.4, 0.5) is 4.79 Å². The van der Waals surface area contributed by atoms with Crippen molar-refractivity contribution in [1.29, 1.82) is 0 Å². The summed E-state index contributed by atoms with van der Waals surface area (Å²) in [6, 6.07) is 0.358. The van der Waals surface area contributed by atoms with E-state index >= 15 is 0 Å². The molecule has 6 nitrogen and oxygen atoms in total. The summed E-state index contributed by atoms with van der Waals surface area (Å²) >= 11 is 0. The minimum absolute atomic E-state index is 0.165. The highest BCUT2D eigenvalue weighted by Gasteiger charge is 2.31. The van der Waals surface area contributed by atoms with E-state index in [-0.39, 0.29) is 18.2 Å². The lowest BCUT2D eigenvalue weighted by Gasteiger charge is -2.40. The smallest absolute Gasteiger partial charge is 0.410 e. The van der Waals surface area contributed by atoms with Gasteiger partial charge in [0.25, 0.3) is 0 Å². The fourth-order valence-electron chi connectivity index (χ4n) is 2.85. The Hall–Kier alpha value is -1.69. The van der Waals surface area contributed by atoms with E-state index in [4.69, 9.17) is 4.74 Å². The summed E-state index contributed by atoms with van der Waals surface area (Å²) in [6.45, 7) is 9.65. The molecule has 0 aromatic carbocycles.